The lowest BCUT2D eigenvalue weighted by molar-refractivity contribution is -0.152. The summed E-state index contributed by atoms with van der Waals surface area (Å²) in [5.41, 5.74) is 2.76. The zero-order valence-electron chi connectivity index (χ0n) is 14.0. The molecule has 4 heteroatoms. The van der Waals surface area contributed by atoms with Gasteiger partial charge in [0.15, 0.2) is 0 Å². The topological polar surface area (TPSA) is 47.6 Å². The van der Waals surface area contributed by atoms with Crippen LogP contribution in [-0.4, -0.2) is 26.2 Å². The van der Waals surface area contributed by atoms with Gasteiger partial charge >= 0.3 is 5.97 Å². The number of nitrogens with one attached hydrogen (secondary N) is 1. The van der Waals surface area contributed by atoms with Crippen molar-refractivity contribution >= 4 is 5.97 Å². The van der Waals surface area contributed by atoms with Crippen molar-refractivity contribution in [3.8, 4) is 5.75 Å². The van der Waals surface area contributed by atoms with Gasteiger partial charge in [0.05, 0.1) is 12.5 Å². The second-order valence-corrected chi connectivity index (χ2v) is 6.00. The highest BCUT2D eigenvalue weighted by Gasteiger charge is 2.30. The molecule has 1 N–H and O–H groups in total. The third-order valence-corrected chi connectivity index (χ3v) is 3.41. The first-order valence-electron chi connectivity index (χ1n) is 7.34. The molecule has 118 valence electrons. The molecule has 4 nitrogen and oxygen atoms in total. The number of methoxy groups -OCH3 is 1. The standard InChI is InChI=1S/C17H27NO3/c1-7-18-10-14-8-12(2)15(13(3)9-14)21-11-17(4,5)16(19)20-6/h8-9,18H,7,10-11H2,1-6H3. The monoisotopic (exact) mass is 293 g/mol. The largest absolute Gasteiger partial charge is 0.492 e. The molecule has 21 heavy (non-hydrogen) atoms. The maximum atomic E-state index is 11.7. The minimum absolute atomic E-state index is 0.262. The number of carbonyl (C=O) groups is 1. The van der Waals surface area contributed by atoms with Crippen LogP contribution in [-0.2, 0) is 16.1 Å². The van der Waals surface area contributed by atoms with Crippen molar-refractivity contribution in [2.75, 3.05) is 20.3 Å². The predicted molar refractivity (Wildman–Crippen MR) is 84.6 cm³/mol. The van der Waals surface area contributed by atoms with E-state index in [2.05, 4.69) is 24.4 Å². The molecule has 1 aromatic rings. The van der Waals surface area contributed by atoms with Crippen LogP contribution in [0.3, 0.4) is 0 Å². The first-order chi connectivity index (χ1) is 9.81. The Morgan fingerprint density at radius 1 is 1.24 bits per heavy atom. The molecular formula is C17H27NO3. The van der Waals surface area contributed by atoms with Crippen LogP contribution in [0.25, 0.3) is 0 Å². The van der Waals surface area contributed by atoms with Gasteiger partial charge in [0, 0.05) is 6.54 Å². The van der Waals surface area contributed by atoms with Crippen LogP contribution in [0.2, 0.25) is 0 Å². The summed E-state index contributed by atoms with van der Waals surface area (Å²) in [5.74, 6) is 0.591. The van der Waals surface area contributed by atoms with Crippen molar-refractivity contribution in [3.63, 3.8) is 0 Å². The van der Waals surface area contributed by atoms with Crippen molar-refractivity contribution in [2.45, 2.75) is 41.2 Å². The summed E-state index contributed by atoms with van der Waals surface area (Å²) in [6.45, 7) is 11.9. The highest BCUT2D eigenvalue weighted by Crippen LogP contribution is 2.27. The minimum Gasteiger partial charge on any atom is -0.492 e. The zero-order chi connectivity index (χ0) is 16.0. The molecule has 1 rings (SSSR count). The minimum atomic E-state index is -0.657. The molecule has 0 atom stereocenters. The Hall–Kier alpha value is -1.55. The number of hydrogen-bond donors (Lipinski definition) is 1. The third-order valence-electron chi connectivity index (χ3n) is 3.41. The van der Waals surface area contributed by atoms with E-state index in [9.17, 15) is 4.79 Å². The molecule has 1 aromatic carbocycles. The Morgan fingerprint density at radius 3 is 2.29 bits per heavy atom. The molecule has 0 unspecified atom stereocenters. The van der Waals surface area contributed by atoms with Gasteiger partial charge < -0.3 is 14.8 Å². The first kappa shape index (κ1) is 17.5. The van der Waals surface area contributed by atoms with Gasteiger partial charge in [-0.2, -0.15) is 0 Å². The van der Waals surface area contributed by atoms with E-state index in [4.69, 9.17) is 9.47 Å². The van der Waals surface area contributed by atoms with Crippen molar-refractivity contribution in [1.82, 2.24) is 5.32 Å². The molecule has 0 aliphatic rings. The highest BCUT2D eigenvalue weighted by molar-refractivity contribution is 5.75. The summed E-state index contributed by atoms with van der Waals surface area (Å²) >= 11 is 0. The predicted octanol–water partition coefficient (Wildman–Crippen LogP) is 2.99. The Labute approximate surface area is 127 Å². The molecule has 0 aromatic heterocycles. The van der Waals surface area contributed by atoms with E-state index in [1.54, 1.807) is 0 Å². The Bertz CT molecular complexity index is 472. The molecule has 0 aliphatic heterocycles. The molecule has 0 aliphatic carbocycles. The van der Waals surface area contributed by atoms with Gasteiger partial charge in [-0.25, -0.2) is 0 Å². The van der Waals surface area contributed by atoms with Crippen LogP contribution in [0.4, 0.5) is 0 Å². The molecule has 0 amide bonds. The highest BCUT2D eigenvalue weighted by atomic mass is 16.5. The van der Waals surface area contributed by atoms with Crippen LogP contribution < -0.4 is 10.1 Å². The number of ether oxygens (including phenoxy) is 2. The Balaban J connectivity index is 2.82. The summed E-state index contributed by atoms with van der Waals surface area (Å²) in [6.07, 6.45) is 0. The lowest BCUT2D eigenvalue weighted by Gasteiger charge is -2.23. The zero-order valence-corrected chi connectivity index (χ0v) is 14.0. The molecule has 0 radical (unpaired) electrons. The van der Waals surface area contributed by atoms with Crippen LogP contribution in [0, 0.1) is 19.3 Å². The van der Waals surface area contributed by atoms with Crippen LogP contribution in [0.1, 0.15) is 37.5 Å². The van der Waals surface area contributed by atoms with Gasteiger partial charge in [-0.3, -0.25) is 4.79 Å². The van der Waals surface area contributed by atoms with Crippen LogP contribution >= 0.6 is 0 Å². The fourth-order valence-electron chi connectivity index (χ4n) is 2.23. The van der Waals surface area contributed by atoms with Gasteiger partial charge in [0.2, 0.25) is 0 Å². The van der Waals surface area contributed by atoms with E-state index in [-0.39, 0.29) is 5.97 Å². The SMILES string of the molecule is CCNCc1cc(C)c(OCC(C)(C)C(=O)OC)c(C)c1. The number of aryl methyl sites for hydroxylation is 2. The Kier molecular flexibility index (Phi) is 6.21. The average Bonchev–Trinajstić information content (AvgIpc) is 2.43. The van der Waals surface area contributed by atoms with Gasteiger partial charge in [0.25, 0.3) is 0 Å². The summed E-state index contributed by atoms with van der Waals surface area (Å²) in [6, 6.07) is 4.24. The number of hydrogen-bond acceptors (Lipinski definition) is 4. The lowest BCUT2D eigenvalue weighted by atomic mass is 9.95. The van der Waals surface area contributed by atoms with Crippen molar-refractivity contribution in [1.29, 1.82) is 0 Å². The fraction of sp³-hybridized carbons (Fsp3) is 0.588. The Morgan fingerprint density at radius 2 is 1.81 bits per heavy atom. The summed E-state index contributed by atoms with van der Waals surface area (Å²) in [4.78, 5) is 11.7. The summed E-state index contributed by atoms with van der Waals surface area (Å²) in [5, 5.41) is 3.32. The quantitative estimate of drug-likeness (QED) is 0.785. The second kappa shape index (κ2) is 7.46. The van der Waals surface area contributed by atoms with E-state index in [1.165, 1.54) is 12.7 Å². The van der Waals surface area contributed by atoms with Gasteiger partial charge in [0.1, 0.15) is 12.4 Å². The second-order valence-electron chi connectivity index (χ2n) is 6.00. The van der Waals surface area contributed by atoms with Gasteiger partial charge in [-0.05, 0) is 50.9 Å². The molecule has 0 spiro atoms. The van der Waals surface area contributed by atoms with Crippen LogP contribution in [0.15, 0.2) is 12.1 Å². The smallest absolute Gasteiger partial charge is 0.314 e. The van der Waals surface area contributed by atoms with E-state index < -0.39 is 5.41 Å². The maximum Gasteiger partial charge on any atom is 0.314 e. The molecule has 0 bridgehead atoms. The van der Waals surface area contributed by atoms with Gasteiger partial charge in [-0.15, -0.1) is 0 Å². The summed E-state index contributed by atoms with van der Waals surface area (Å²) in [7, 11) is 1.40. The van der Waals surface area contributed by atoms with E-state index >= 15 is 0 Å². The third kappa shape index (κ3) is 4.74. The molecule has 0 fully saturated rings. The number of rotatable bonds is 7. The van der Waals surface area contributed by atoms with Crippen LogP contribution in [0.5, 0.6) is 5.75 Å². The van der Waals surface area contributed by atoms with Crippen molar-refractivity contribution in [2.24, 2.45) is 5.41 Å². The van der Waals surface area contributed by atoms with Crippen molar-refractivity contribution in [3.05, 3.63) is 28.8 Å². The average molecular weight is 293 g/mol. The van der Waals surface area contributed by atoms with E-state index in [0.717, 1.165) is 30.0 Å². The van der Waals surface area contributed by atoms with Gasteiger partial charge in [-0.1, -0.05) is 19.1 Å². The van der Waals surface area contributed by atoms with Crippen molar-refractivity contribution < 1.29 is 14.3 Å². The number of esters is 1. The summed E-state index contributed by atoms with van der Waals surface area (Å²) < 4.78 is 10.7. The fourth-order valence-corrected chi connectivity index (χ4v) is 2.23. The number of carbonyl (C=O) groups excluding carboxylic acids is 1. The molecular weight excluding hydrogens is 266 g/mol. The molecule has 0 saturated carbocycles. The molecule has 0 saturated heterocycles. The van der Waals surface area contributed by atoms with E-state index in [1.807, 2.05) is 27.7 Å². The number of benzene rings is 1. The maximum absolute atomic E-state index is 11.7. The van der Waals surface area contributed by atoms with E-state index in [0.29, 0.717) is 6.61 Å². The first-order valence-corrected chi connectivity index (χ1v) is 7.34. The lowest BCUT2D eigenvalue weighted by Crippen LogP contribution is -2.32. The normalized spacial score (nSPS) is 11.3. The molecule has 0 heterocycles.